The summed E-state index contributed by atoms with van der Waals surface area (Å²) in [7, 11) is 0. The first-order valence-electron chi connectivity index (χ1n) is 7.93. The van der Waals surface area contributed by atoms with Crippen LogP contribution >= 0.6 is 0 Å². The molecule has 1 aliphatic heterocycles. The van der Waals surface area contributed by atoms with Crippen LogP contribution in [0.1, 0.15) is 22.4 Å². The predicted molar refractivity (Wildman–Crippen MR) is 91.8 cm³/mol. The van der Waals surface area contributed by atoms with Crippen LogP contribution in [0.4, 0.5) is 11.5 Å². The van der Waals surface area contributed by atoms with E-state index in [4.69, 9.17) is 0 Å². The van der Waals surface area contributed by atoms with Crippen LogP contribution in [0.15, 0.2) is 24.3 Å². The Morgan fingerprint density at radius 2 is 1.50 bits per heavy atom. The van der Waals surface area contributed by atoms with E-state index in [0.717, 1.165) is 37.7 Å². The monoisotopic (exact) mass is 296 g/mol. The van der Waals surface area contributed by atoms with Gasteiger partial charge in [-0.25, -0.2) is 0 Å². The van der Waals surface area contributed by atoms with E-state index < -0.39 is 0 Å². The zero-order valence-corrected chi connectivity index (χ0v) is 13.9. The predicted octanol–water partition coefficient (Wildman–Crippen LogP) is 3.04. The first-order valence-corrected chi connectivity index (χ1v) is 7.93. The topological polar surface area (TPSA) is 32.3 Å². The quantitative estimate of drug-likeness (QED) is 0.852. The fourth-order valence-corrected chi connectivity index (χ4v) is 2.94. The van der Waals surface area contributed by atoms with E-state index in [0.29, 0.717) is 0 Å². The third kappa shape index (κ3) is 2.78. The normalized spacial score (nSPS) is 15.3. The summed E-state index contributed by atoms with van der Waals surface area (Å²) in [5.41, 5.74) is 6.34. The van der Waals surface area contributed by atoms with E-state index in [1.807, 2.05) is 6.92 Å². The fourth-order valence-electron chi connectivity index (χ4n) is 2.94. The second kappa shape index (κ2) is 5.95. The second-order valence-corrected chi connectivity index (χ2v) is 6.16. The van der Waals surface area contributed by atoms with Gasteiger partial charge in [-0.1, -0.05) is 12.1 Å². The van der Waals surface area contributed by atoms with Crippen LogP contribution in [-0.2, 0) is 0 Å². The van der Waals surface area contributed by atoms with Crippen molar-refractivity contribution in [1.82, 2.24) is 10.2 Å². The molecule has 116 valence electrons. The zero-order valence-electron chi connectivity index (χ0n) is 13.9. The smallest absolute Gasteiger partial charge is 0.151 e. The molecule has 1 fully saturated rings. The first kappa shape index (κ1) is 14.8. The fraction of sp³-hybridized carbons (Fsp3) is 0.444. The summed E-state index contributed by atoms with van der Waals surface area (Å²) >= 11 is 0. The minimum atomic E-state index is 0.991. The van der Waals surface area contributed by atoms with Gasteiger partial charge in [0, 0.05) is 31.9 Å². The van der Waals surface area contributed by atoms with Crippen molar-refractivity contribution < 1.29 is 0 Å². The lowest BCUT2D eigenvalue weighted by Gasteiger charge is -2.37. The molecule has 0 bridgehead atoms. The number of anilines is 2. The van der Waals surface area contributed by atoms with Crippen molar-refractivity contribution in [3.8, 4) is 0 Å². The summed E-state index contributed by atoms with van der Waals surface area (Å²) in [6, 6.07) is 8.71. The third-order valence-corrected chi connectivity index (χ3v) is 4.74. The maximum Gasteiger partial charge on any atom is 0.151 e. The molecule has 0 radical (unpaired) electrons. The Hall–Kier alpha value is -2.10. The van der Waals surface area contributed by atoms with Gasteiger partial charge >= 0.3 is 0 Å². The van der Waals surface area contributed by atoms with Crippen molar-refractivity contribution in [2.24, 2.45) is 0 Å². The SMILES string of the molecule is Cc1cc(N2CCN(c3cccc(C)c3C)CC2)nnc1C. The largest absolute Gasteiger partial charge is 0.368 e. The summed E-state index contributed by atoms with van der Waals surface area (Å²) in [5.74, 6) is 1.00. The van der Waals surface area contributed by atoms with Gasteiger partial charge in [-0.15, -0.1) is 5.10 Å². The highest BCUT2D eigenvalue weighted by Gasteiger charge is 2.20. The molecule has 4 heteroatoms. The summed E-state index contributed by atoms with van der Waals surface area (Å²) in [4.78, 5) is 4.81. The summed E-state index contributed by atoms with van der Waals surface area (Å²) in [6.07, 6.45) is 0. The number of aryl methyl sites for hydroxylation is 3. The number of aromatic nitrogens is 2. The molecule has 0 atom stereocenters. The highest BCUT2D eigenvalue weighted by atomic mass is 15.3. The van der Waals surface area contributed by atoms with E-state index in [1.165, 1.54) is 22.4 Å². The molecule has 1 aromatic carbocycles. The van der Waals surface area contributed by atoms with Crippen LogP contribution in [0.5, 0.6) is 0 Å². The van der Waals surface area contributed by atoms with Crippen LogP contribution < -0.4 is 9.80 Å². The van der Waals surface area contributed by atoms with Gasteiger partial charge in [-0.3, -0.25) is 0 Å². The minimum absolute atomic E-state index is 0.991. The molecule has 0 amide bonds. The Balaban J connectivity index is 1.72. The number of benzene rings is 1. The Bertz CT molecular complexity index is 673. The minimum Gasteiger partial charge on any atom is -0.368 e. The van der Waals surface area contributed by atoms with E-state index in [-0.39, 0.29) is 0 Å². The van der Waals surface area contributed by atoms with Crippen LogP contribution in [-0.4, -0.2) is 36.4 Å². The van der Waals surface area contributed by atoms with Crippen LogP contribution in [0.2, 0.25) is 0 Å². The Labute approximate surface area is 132 Å². The Morgan fingerprint density at radius 3 is 2.18 bits per heavy atom. The molecule has 0 aliphatic carbocycles. The molecule has 0 N–H and O–H groups in total. The van der Waals surface area contributed by atoms with Crippen molar-refractivity contribution in [1.29, 1.82) is 0 Å². The Kier molecular flexibility index (Phi) is 4.01. The van der Waals surface area contributed by atoms with Gasteiger partial charge in [-0.2, -0.15) is 5.10 Å². The molecule has 0 spiro atoms. The average Bonchev–Trinajstić information content (AvgIpc) is 2.53. The average molecular weight is 296 g/mol. The molecule has 1 saturated heterocycles. The van der Waals surface area contributed by atoms with Crippen molar-refractivity contribution in [2.75, 3.05) is 36.0 Å². The van der Waals surface area contributed by atoms with E-state index >= 15 is 0 Å². The summed E-state index contributed by atoms with van der Waals surface area (Å²) in [5, 5.41) is 8.60. The standard InChI is InChI=1S/C18H24N4/c1-13-6-5-7-17(15(13)3)21-8-10-22(11-9-21)18-12-14(2)16(4)19-20-18/h5-7,12H,8-11H2,1-4H3. The van der Waals surface area contributed by atoms with Crippen molar-refractivity contribution in [2.45, 2.75) is 27.7 Å². The van der Waals surface area contributed by atoms with Crippen molar-refractivity contribution >= 4 is 11.5 Å². The van der Waals surface area contributed by atoms with Gasteiger partial charge < -0.3 is 9.80 Å². The third-order valence-electron chi connectivity index (χ3n) is 4.74. The summed E-state index contributed by atoms with van der Waals surface area (Å²) in [6.45, 7) is 12.5. The maximum atomic E-state index is 4.35. The molecule has 2 aromatic rings. The number of rotatable bonds is 2. The second-order valence-electron chi connectivity index (χ2n) is 6.16. The molecular weight excluding hydrogens is 272 g/mol. The molecule has 1 aliphatic rings. The first-order chi connectivity index (χ1) is 10.6. The summed E-state index contributed by atoms with van der Waals surface area (Å²) < 4.78 is 0. The molecule has 3 rings (SSSR count). The van der Waals surface area contributed by atoms with Gasteiger partial charge in [-0.05, 0) is 56.5 Å². The van der Waals surface area contributed by atoms with Gasteiger partial charge in [0.2, 0.25) is 0 Å². The molecule has 0 saturated carbocycles. The molecular formula is C18H24N4. The number of nitrogens with zero attached hydrogens (tertiary/aromatic N) is 4. The van der Waals surface area contributed by atoms with E-state index in [9.17, 15) is 0 Å². The zero-order chi connectivity index (χ0) is 15.7. The number of piperazine rings is 1. The molecule has 0 unspecified atom stereocenters. The molecule has 2 heterocycles. The van der Waals surface area contributed by atoms with Crippen LogP contribution in [0.25, 0.3) is 0 Å². The van der Waals surface area contributed by atoms with Crippen molar-refractivity contribution in [3.05, 3.63) is 46.6 Å². The maximum absolute atomic E-state index is 4.35. The van der Waals surface area contributed by atoms with E-state index in [1.54, 1.807) is 0 Å². The van der Waals surface area contributed by atoms with E-state index in [2.05, 4.69) is 65.0 Å². The highest BCUT2D eigenvalue weighted by Crippen LogP contribution is 2.25. The van der Waals surface area contributed by atoms with Gasteiger partial charge in [0.1, 0.15) is 0 Å². The van der Waals surface area contributed by atoms with Gasteiger partial charge in [0.25, 0.3) is 0 Å². The van der Waals surface area contributed by atoms with Crippen LogP contribution in [0.3, 0.4) is 0 Å². The van der Waals surface area contributed by atoms with Gasteiger partial charge in [0.05, 0.1) is 5.69 Å². The number of hydrogen-bond donors (Lipinski definition) is 0. The lowest BCUT2D eigenvalue weighted by atomic mass is 10.1. The lowest BCUT2D eigenvalue weighted by molar-refractivity contribution is 0.641. The molecule has 22 heavy (non-hydrogen) atoms. The molecule has 1 aromatic heterocycles. The van der Waals surface area contributed by atoms with Crippen molar-refractivity contribution in [3.63, 3.8) is 0 Å². The lowest BCUT2D eigenvalue weighted by Crippen LogP contribution is -2.47. The highest BCUT2D eigenvalue weighted by molar-refractivity contribution is 5.57. The molecule has 4 nitrogen and oxygen atoms in total. The number of hydrogen-bond acceptors (Lipinski definition) is 4. The Morgan fingerprint density at radius 1 is 0.818 bits per heavy atom. The van der Waals surface area contributed by atoms with Gasteiger partial charge in [0.15, 0.2) is 5.82 Å². The van der Waals surface area contributed by atoms with Crippen LogP contribution in [0, 0.1) is 27.7 Å².